The van der Waals surface area contributed by atoms with E-state index in [1.165, 1.54) is 25.5 Å². The van der Waals surface area contributed by atoms with Crippen molar-refractivity contribution in [3.8, 4) is 5.75 Å². The molecule has 2 N–H and O–H groups in total. The van der Waals surface area contributed by atoms with E-state index in [0.717, 1.165) is 0 Å². The molecule has 0 saturated carbocycles. The molecule has 0 saturated heterocycles. The van der Waals surface area contributed by atoms with Gasteiger partial charge in [-0.15, -0.1) is 0 Å². The summed E-state index contributed by atoms with van der Waals surface area (Å²) in [5.74, 6) is 1.16. The highest BCUT2D eigenvalue weighted by Gasteiger charge is 2.25. The van der Waals surface area contributed by atoms with E-state index in [0.29, 0.717) is 11.5 Å². The monoisotopic (exact) mass is 325 g/mol. The van der Waals surface area contributed by atoms with Gasteiger partial charge in [0.15, 0.2) is 0 Å². The molecule has 6 nitrogen and oxygen atoms in total. The summed E-state index contributed by atoms with van der Waals surface area (Å²) < 4.78 is 36.9. The fourth-order valence-corrected chi connectivity index (χ4v) is 3.10. The molecule has 0 aliphatic heterocycles. The molecule has 2 rings (SSSR count). The maximum atomic E-state index is 12.2. The summed E-state index contributed by atoms with van der Waals surface area (Å²) in [5, 5.41) is 10.3. The maximum Gasteiger partial charge on any atom is 0.240 e. The average molecular weight is 325 g/mol. The number of sulfonamides is 1. The van der Waals surface area contributed by atoms with Gasteiger partial charge in [-0.3, -0.25) is 0 Å². The van der Waals surface area contributed by atoms with Gasteiger partial charge in [-0.1, -0.05) is 0 Å². The van der Waals surface area contributed by atoms with Crippen LogP contribution < -0.4 is 9.46 Å². The van der Waals surface area contributed by atoms with Crippen LogP contribution in [0, 0.1) is 0 Å². The molecule has 1 aromatic heterocycles. The van der Waals surface area contributed by atoms with Gasteiger partial charge in [0, 0.05) is 13.0 Å². The largest absolute Gasteiger partial charge is 0.497 e. The van der Waals surface area contributed by atoms with Gasteiger partial charge >= 0.3 is 0 Å². The van der Waals surface area contributed by atoms with Crippen LogP contribution in [0.1, 0.15) is 12.7 Å². The fraction of sp³-hybridized carbons (Fsp3) is 0.333. The second kappa shape index (κ2) is 6.51. The van der Waals surface area contributed by atoms with Gasteiger partial charge in [-0.05, 0) is 43.3 Å². The molecule has 0 aliphatic carbocycles. The minimum absolute atomic E-state index is 0.113. The number of nitrogens with one attached hydrogen (secondary N) is 1. The number of ether oxygens (including phenoxy) is 1. The quantitative estimate of drug-likeness (QED) is 0.806. The van der Waals surface area contributed by atoms with E-state index in [2.05, 4.69) is 4.72 Å². The summed E-state index contributed by atoms with van der Waals surface area (Å²) >= 11 is 0. The van der Waals surface area contributed by atoms with Gasteiger partial charge in [-0.25, -0.2) is 13.1 Å². The zero-order valence-electron chi connectivity index (χ0n) is 12.4. The van der Waals surface area contributed by atoms with Crippen LogP contribution in [-0.2, 0) is 16.4 Å². The first-order valence-corrected chi connectivity index (χ1v) is 8.19. The Morgan fingerprint density at radius 2 is 1.95 bits per heavy atom. The van der Waals surface area contributed by atoms with Crippen LogP contribution in [0.2, 0.25) is 0 Å². The summed E-state index contributed by atoms with van der Waals surface area (Å²) in [6.07, 6.45) is 1.72. The molecule has 22 heavy (non-hydrogen) atoms. The van der Waals surface area contributed by atoms with Crippen molar-refractivity contribution >= 4 is 10.0 Å². The van der Waals surface area contributed by atoms with Crippen molar-refractivity contribution in [2.24, 2.45) is 0 Å². The third-order valence-electron chi connectivity index (χ3n) is 3.15. The standard InChI is InChI=1S/C15H19NO5S/c1-15(17,10-13-4-3-9-21-13)11-16-22(18,19)14-7-5-12(20-2)6-8-14/h3-9,16-17H,10-11H2,1-2H3. The Labute approximate surface area is 129 Å². The first kappa shape index (κ1) is 16.5. The van der Waals surface area contributed by atoms with Crippen LogP contribution in [0.15, 0.2) is 52.0 Å². The highest BCUT2D eigenvalue weighted by molar-refractivity contribution is 7.89. The van der Waals surface area contributed by atoms with E-state index < -0.39 is 15.6 Å². The lowest BCUT2D eigenvalue weighted by atomic mass is 10.0. The second-order valence-corrected chi connectivity index (χ2v) is 7.02. The average Bonchev–Trinajstić information content (AvgIpc) is 2.98. The molecule has 1 atom stereocenters. The molecule has 0 radical (unpaired) electrons. The number of furan rings is 1. The van der Waals surface area contributed by atoms with Crippen LogP contribution in [0.3, 0.4) is 0 Å². The zero-order valence-corrected chi connectivity index (χ0v) is 13.3. The fourth-order valence-electron chi connectivity index (χ4n) is 1.94. The van der Waals surface area contributed by atoms with Gasteiger partial charge in [0.05, 0.1) is 23.9 Å². The van der Waals surface area contributed by atoms with E-state index in [-0.39, 0.29) is 17.9 Å². The van der Waals surface area contributed by atoms with Crippen LogP contribution in [0.25, 0.3) is 0 Å². The van der Waals surface area contributed by atoms with Gasteiger partial charge in [0.1, 0.15) is 11.5 Å². The van der Waals surface area contributed by atoms with Crippen molar-refractivity contribution in [1.29, 1.82) is 0 Å². The van der Waals surface area contributed by atoms with Crippen molar-refractivity contribution in [3.63, 3.8) is 0 Å². The summed E-state index contributed by atoms with van der Waals surface area (Å²) in [5.41, 5.74) is -1.25. The highest BCUT2D eigenvalue weighted by atomic mass is 32.2. The number of hydrogen-bond donors (Lipinski definition) is 2. The van der Waals surface area contributed by atoms with Crippen molar-refractivity contribution in [2.75, 3.05) is 13.7 Å². The van der Waals surface area contributed by atoms with Gasteiger partial charge in [0.2, 0.25) is 10.0 Å². The van der Waals surface area contributed by atoms with Gasteiger partial charge < -0.3 is 14.3 Å². The minimum Gasteiger partial charge on any atom is -0.497 e. The lowest BCUT2D eigenvalue weighted by molar-refractivity contribution is 0.0603. The van der Waals surface area contributed by atoms with E-state index in [1.807, 2.05) is 0 Å². The Morgan fingerprint density at radius 3 is 2.50 bits per heavy atom. The summed E-state index contributed by atoms with van der Waals surface area (Å²) in [4.78, 5) is 0.113. The van der Waals surface area contributed by atoms with Gasteiger partial charge in [0.25, 0.3) is 0 Å². The second-order valence-electron chi connectivity index (χ2n) is 5.25. The van der Waals surface area contributed by atoms with E-state index in [9.17, 15) is 13.5 Å². The Kier molecular flexibility index (Phi) is 4.90. The lowest BCUT2D eigenvalue weighted by Gasteiger charge is -2.22. The van der Waals surface area contributed by atoms with Crippen LogP contribution in [0.5, 0.6) is 5.75 Å². The van der Waals surface area contributed by atoms with Crippen molar-refractivity contribution in [2.45, 2.75) is 23.8 Å². The SMILES string of the molecule is COc1ccc(S(=O)(=O)NCC(C)(O)Cc2ccco2)cc1. The van der Waals surface area contributed by atoms with Crippen LogP contribution >= 0.6 is 0 Å². The molecular formula is C15H19NO5S. The molecule has 1 aromatic carbocycles. The lowest BCUT2D eigenvalue weighted by Crippen LogP contribution is -2.42. The first-order chi connectivity index (χ1) is 10.3. The third-order valence-corrected chi connectivity index (χ3v) is 4.57. The molecule has 0 bridgehead atoms. The van der Waals surface area contributed by atoms with E-state index in [4.69, 9.17) is 9.15 Å². The molecular weight excluding hydrogens is 306 g/mol. The molecule has 7 heteroatoms. The first-order valence-electron chi connectivity index (χ1n) is 6.71. The summed E-state index contributed by atoms with van der Waals surface area (Å²) in [6.45, 7) is 1.42. The summed E-state index contributed by atoms with van der Waals surface area (Å²) in [7, 11) is -2.19. The topological polar surface area (TPSA) is 88.8 Å². The number of hydrogen-bond acceptors (Lipinski definition) is 5. The Balaban J connectivity index is 2.01. The molecule has 0 aliphatic rings. The third kappa shape index (κ3) is 4.33. The number of benzene rings is 1. The smallest absolute Gasteiger partial charge is 0.240 e. The van der Waals surface area contributed by atoms with Crippen molar-refractivity contribution < 1.29 is 22.7 Å². The van der Waals surface area contributed by atoms with Crippen LogP contribution in [-0.4, -0.2) is 32.8 Å². The Bertz CT molecular complexity index is 690. The highest BCUT2D eigenvalue weighted by Crippen LogP contribution is 2.17. The van der Waals surface area contributed by atoms with Crippen molar-refractivity contribution in [3.05, 3.63) is 48.4 Å². The predicted molar refractivity (Wildman–Crippen MR) is 81.2 cm³/mol. The molecule has 0 spiro atoms. The summed E-state index contributed by atoms with van der Waals surface area (Å²) in [6, 6.07) is 9.47. The normalized spacial score (nSPS) is 14.5. The molecule has 0 amide bonds. The molecule has 120 valence electrons. The van der Waals surface area contributed by atoms with E-state index >= 15 is 0 Å². The number of aliphatic hydroxyl groups is 1. The van der Waals surface area contributed by atoms with Crippen LogP contribution in [0.4, 0.5) is 0 Å². The number of rotatable bonds is 7. The van der Waals surface area contributed by atoms with Gasteiger partial charge in [-0.2, -0.15) is 0 Å². The minimum atomic E-state index is -3.69. The Hall–Kier alpha value is -1.83. The predicted octanol–water partition coefficient (Wildman–Crippen LogP) is 1.56. The molecule has 0 fully saturated rings. The van der Waals surface area contributed by atoms with Crippen molar-refractivity contribution in [1.82, 2.24) is 4.72 Å². The molecule has 1 unspecified atom stereocenters. The molecule has 1 heterocycles. The maximum absolute atomic E-state index is 12.2. The molecule has 2 aromatic rings. The Morgan fingerprint density at radius 1 is 1.27 bits per heavy atom. The zero-order chi connectivity index (χ0) is 16.2. The number of methoxy groups -OCH3 is 1. The van der Waals surface area contributed by atoms with E-state index in [1.54, 1.807) is 31.2 Å².